The minimum atomic E-state index is -0.285. The van der Waals surface area contributed by atoms with Crippen LogP contribution >= 0.6 is 11.6 Å². The van der Waals surface area contributed by atoms with Gasteiger partial charge in [0.2, 0.25) is 5.91 Å². The van der Waals surface area contributed by atoms with E-state index in [9.17, 15) is 9.59 Å². The maximum Gasteiger partial charge on any atom is 0.322 e. The van der Waals surface area contributed by atoms with Crippen LogP contribution in [-0.4, -0.2) is 44.9 Å². The summed E-state index contributed by atoms with van der Waals surface area (Å²) in [6, 6.07) is 9.35. The molecule has 1 N–H and O–H groups in total. The minimum absolute atomic E-state index is 0.0175. The van der Waals surface area contributed by atoms with E-state index in [-0.39, 0.29) is 30.6 Å². The SMILES string of the molecule is CCC(C)N(CC(=O)N(Cc1cccn1C)C1CC1)C(=O)Nc1ccc(C)c(Cl)c1. The van der Waals surface area contributed by atoms with Gasteiger partial charge in [0.1, 0.15) is 6.54 Å². The average Bonchev–Trinajstić information content (AvgIpc) is 3.48. The number of hydrogen-bond donors (Lipinski definition) is 1. The number of carbonyl (C=O) groups excluding carboxylic acids is 2. The zero-order valence-corrected chi connectivity index (χ0v) is 18.9. The highest BCUT2D eigenvalue weighted by molar-refractivity contribution is 6.31. The monoisotopic (exact) mass is 430 g/mol. The molecule has 1 aliphatic rings. The quantitative estimate of drug-likeness (QED) is 0.653. The van der Waals surface area contributed by atoms with Crippen molar-refractivity contribution in [3.05, 3.63) is 52.8 Å². The third-order valence-electron chi connectivity index (χ3n) is 5.80. The van der Waals surface area contributed by atoms with Gasteiger partial charge in [0.15, 0.2) is 0 Å². The molecule has 162 valence electrons. The van der Waals surface area contributed by atoms with Crippen molar-refractivity contribution >= 4 is 29.2 Å². The molecule has 0 spiro atoms. The van der Waals surface area contributed by atoms with Gasteiger partial charge in [-0.15, -0.1) is 0 Å². The number of carbonyl (C=O) groups is 2. The molecule has 1 atom stereocenters. The largest absolute Gasteiger partial charge is 0.353 e. The number of benzene rings is 1. The van der Waals surface area contributed by atoms with E-state index >= 15 is 0 Å². The molecule has 1 aromatic carbocycles. The standard InChI is InChI=1S/C23H31ClN4O2/c1-5-17(3)27(23(30)25-18-9-8-16(2)21(24)13-18)15-22(29)28(19-10-11-19)14-20-7-6-12-26(20)4/h6-9,12-13,17,19H,5,10-11,14-15H2,1-4H3,(H,25,30). The summed E-state index contributed by atoms with van der Waals surface area (Å²) in [5, 5.41) is 3.50. The lowest BCUT2D eigenvalue weighted by Crippen LogP contribution is -2.48. The van der Waals surface area contributed by atoms with E-state index in [4.69, 9.17) is 11.6 Å². The molecule has 6 nitrogen and oxygen atoms in total. The molecule has 0 bridgehead atoms. The number of rotatable bonds is 8. The summed E-state index contributed by atoms with van der Waals surface area (Å²) in [6.07, 6.45) is 4.79. The Morgan fingerprint density at radius 1 is 1.30 bits per heavy atom. The van der Waals surface area contributed by atoms with Crippen molar-refractivity contribution in [3.63, 3.8) is 0 Å². The maximum atomic E-state index is 13.2. The second-order valence-electron chi connectivity index (χ2n) is 8.14. The van der Waals surface area contributed by atoms with Crippen LogP contribution in [0.4, 0.5) is 10.5 Å². The lowest BCUT2D eigenvalue weighted by atomic mass is 10.2. The Morgan fingerprint density at radius 3 is 2.60 bits per heavy atom. The Hall–Kier alpha value is -2.47. The molecule has 2 aromatic rings. The number of urea groups is 1. The highest BCUT2D eigenvalue weighted by Crippen LogP contribution is 2.29. The van der Waals surface area contributed by atoms with Crippen LogP contribution in [-0.2, 0) is 18.4 Å². The van der Waals surface area contributed by atoms with Crippen molar-refractivity contribution in [2.24, 2.45) is 7.05 Å². The Kier molecular flexibility index (Phi) is 7.08. The summed E-state index contributed by atoms with van der Waals surface area (Å²) in [4.78, 5) is 29.8. The molecule has 7 heteroatoms. The topological polar surface area (TPSA) is 57.6 Å². The van der Waals surface area contributed by atoms with Gasteiger partial charge in [-0.3, -0.25) is 4.79 Å². The Labute approximate surface area is 183 Å². The van der Waals surface area contributed by atoms with Crippen LogP contribution in [0.3, 0.4) is 0 Å². The summed E-state index contributed by atoms with van der Waals surface area (Å²) in [6.45, 7) is 6.52. The van der Waals surface area contributed by atoms with E-state index in [1.165, 1.54) is 0 Å². The predicted molar refractivity (Wildman–Crippen MR) is 121 cm³/mol. The molecule has 0 radical (unpaired) electrons. The van der Waals surface area contributed by atoms with Gasteiger partial charge < -0.3 is 19.7 Å². The molecular formula is C23H31ClN4O2. The summed E-state index contributed by atoms with van der Waals surface area (Å²) in [7, 11) is 1.98. The van der Waals surface area contributed by atoms with Gasteiger partial charge in [0.25, 0.3) is 0 Å². The van der Waals surface area contributed by atoms with Gasteiger partial charge in [-0.25, -0.2) is 4.79 Å². The molecule has 0 aliphatic heterocycles. The van der Waals surface area contributed by atoms with Crippen LogP contribution < -0.4 is 5.32 Å². The molecule has 1 fully saturated rings. The number of anilines is 1. The van der Waals surface area contributed by atoms with E-state index < -0.39 is 0 Å². The molecule has 3 amide bonds. The Balaban J connectivity index is 1.72. The van der Waals surface area contributed by atoms with Crippen LogP contribution in [0.15, 0.2) is 36.5 Å². The van der Waals surface area contributed by atoms with Gasteiger partial charge in [-0.2, -0.15) is 0 Å². The third-order valence-corrected chi connectivity index (χ3v) is 6.21. The molecule has 1 heterocycles. The van der Waals surface area contributed by atoms with E-state index in [2.05, 4.69) is 5.32 Å². The molecule has 1 aromatic heterocycles. The van der Waals surface area contributed by atoms with E-state index in [1.54, 1.807) is 11.0 Å². The number of hydrogen-bond acceptors (Lipinski definition) is 2. The van der Waals surface area contributed by atoms with Crippen LogP contribution in [0, 0.1) is 6.92 Å². The zero-order valence-electron chi connectivity index (χ0n) is 18.2. The van der Waals surface area contributed by atoms with Crippen LogP contribution in [0.5, 0.6) is 0 Å². The Morgan fingerprint density at radius 2 is 2.03 bits per heavy atom. The van der Waals surface area contributed by atoms with Crippen molar-refractivity contribution in [2.75, 3.05) is 11.9 Å². The fourth-order valence-electron chi connectivity index (χ4n) is 3.39. The molecule has 1 unspecified atom stereocenters. The first-order valence-corrected chi connectivity index (χ1v) is 10.9. The van der Waals surface area contributed by atoms with Gasteiger partial charge in [0.05, 0.1) is 6.54 Å². The zero-order chi connectivity index (χ0) is 21.8. The highest BCUT2D eigenvalue weighted by Gasteiger charge is 2.34. The molecule has 1 aliphatic carbocycles. The van der Waals surface area contributed by atoms with Gasteiger partial charge in [-0.05, 0) is 62.9 Å². The smallest absolute Gasteiger partial charge is 0.322 e. The summed E-state index contributed by atoms with van der Waals surface area (Å²) in [5.74, 6) is -0.0175. The number of aromatic nitrogens is 1. The van der Waals surface area contributed by atoms with Gasteiger partial charge >= 0.3 is 6.03 Å². The molecule has 3 rings (SSSR count). The number of nitrogens with zero attached hydrogens (tertiary/aromatic N) is 3. The lowest BCUT2D eigenvalue weighted by molar-refractivity contribution is -0.133. The lowest BCUT2D eigenvalue weighted by Gasteiger charge is -2.31. The summed E-state index contributed by atoms with van der Waals surface area (Å²) in [5.41, 5.74) is 2.66. The fourth-order valence-corrected chi connectivity index (χ4v) is 3.57. The van der Waals surface area contributed by atoms with E-state index in [1.807, 2.05) is 67.7 Å². The fraction of sp³-hybridized carbons (Fsp3) is 0.478. The van der Waals surface area contributed by atoms with Crippen molar-refractivity contribution in [1.29, 1.82) is 0 Å². The van der Waals surface area contributed by atoms with Crippen LogP contribution in [0.25, 0.3) is 0 Å². The van der Waals surface area contributed by atoms with Crippen LogP contribution in [0.2, 0.25) is 5.02 Å². The van der Waals surface area contributed by atoms with Crippen molar-refractivity contribution in [2.45, 2.75) is 58.7 Å². The maximum absolute atomic E-state index is 13.2. The summed E-state index contributed by atoms with van der Waals surface area (Å²) < 4.78 is 2.03. The van der Waals surface area contributed by atoms with Crippen LogP contribution in [0.1, 0.15) is 44.4 Å². The predicted octanol–water partition coefficient (Wildman–Crippen LogP) is 4.81. The first-order valence-electron chi connectivity index (χ1n) is 10.5. The average molecular weight is 431 g/mol. The second kappa shape index (κ2) is 9.56. The van der Waals surface area contributed by atoms with Crippen molar-refractivity contribution in [1.82, 2.24) is 14.4 Å². The third kappa shape index (κ3) is 5.36. The second-order valence-corrected chi connectivity index (χ2v) is 8.55. The van der Waals surface area contributed by atoms with Gasteiger partial charge in [-0.1, -0.05) is 24.6 Å². The summed E-state index contributed by atoms with van der Waals surface area (Å²) >= 11 is 6.19. The minimum Gasteiger partial charge on any atom is -0.353 e. The highest BCUT2D eigenvalue weighted by atomic mass is 35.5. The normalized spacial score (nSPS) is 14.3. The number of halogens is 1. The molecule has 30 heavy (non-hydrogen) atoms. The molecule has 1 saturated carbocycles. The van der Waals surface area contributed by atoms with E-state index in [0.29, 0.717) is 17.3 Å². The van der Waals surface area contributed by atoms with Crippen molar-refractivity contribution in [3.8, 4) is 0 Å². The van der Waals surface area contributed by atoms with Gasteiger partial charge in [0, 0.05) is 41.7 Å². The van der Waals surface area contributed by atoms with E-state index in [0.717, 1.165) is 30.5 Å². The first-order chi connectivity index (χ1) is 14.3. The molecular weight excluding hydrogens is 400 g/mol. The first kappa shape index (κ1) is 22.2. The Bertz CT molecular complexity index is 906. The molecule has 0 saturated heterocycles. The van der Waals surface area contributed by atoms with Crippen molar-refractivity contribution < 1.29 is 9.59 Å². The number of aryl methyl sites for hydroxylation is 2. The number of nitrogens with one attached hydrogen (secondary N) is 1. The number of amides is 3.